The lowest BCUT2D eigenvalue weighted by Crippen LogP contribution is -2.13. The highest BCUT2D eigenvalue weighted by Gasteiger charge is 2.13. The summed E-state index contributed by atoms with van der Waals surface area (Å²) in [4.78, 5) is 4.49. The Morgan fingerprint density at radius 2 is 2.15 bits per heavy atom. The summed E-state index contributed by atoms with van der Waals surface area (Å²) in [5.74, 6) is 0. The zero-order valence-electron chi connectivity index (χ0n) is 10.9. The van der Waals surface area contributed by atoms with Crippen molar-refractivity contribution < 1.29 is 8.42 Å². The van der Waals surface area contributed by atoms with Gasteiger partial charge in [-0.3, -0.25) is 0 Å². The van der Waals surface area contributed by atoms with Gasteiger partial charge in [0.1, 0.15) is 0 Å². The fourth-order valence-corrected chi connectivity index (χ4v) is 3.57. The molecule has 0 saturated heterocycles. The molecule has 0 bridgehead atoms. The standard InChI is InChI=1S/C12H14BrN3O2S2/c1-7(12-6-19-8(2)16-12)15-11-4-3-9(5-10(11)13)20(14,17)18/h3-7,15H,1-2H3,(H2,14,17,18). The third kappa shape index (κ3) is 3.57. The van der Waals surface area contributed by atoms with Gasteiger partial charge >= 0.3 is 0 Å². The van der Waals surface area contributed by atoms with Gasteiger partial charge in [-0.15, -0.1) is 11.3 Å². The predicted molar refractivity (Wildman–Crippen MR) is 84.4 cm³/mol. The maximum Gasteiger partial charge on any atom is 0.238 e. The molecule has 0 aliphatic rings. The van der Waals surface area contributed by atoms with E-state index >= 15 is 0 Å². The summed E-state index contributed by atoms with van der Waals surface area (Å²) >= 11 is 4.94. The maximum absolute atomic E-state index is 11.3. The van der Waals surface area contributed by atoms with Crippen LogP contribution in [0.4, 0.5) is 5.69 Å². The molecule has 0 amide bonds. The molecule has 8 heteroatoms. The summed E-state index contributed by atoms with van der Waals surface area (Å²) in [6.07, 6.45) is 0. The summed E-state index contributed by atoms with van der Waals surface area (Å²) < 4.78 is 23.2. The van der Waals surface area contributed by atoms with Crippen molar-refractivity contribution in [3.63, 3.8) is 0 Å². The smallest absolute Gasteiger partial charge is 0.238 e. The fourth-order valence-electron chi connectivity index (χ4n) is 1.68. The molecule has 0 radical (unpaired) electrons. The van der Waals surface area contributed by atoms with Crippen molar-refractivity contribution in [2.45, 2.75) is 24.8 Å². The Kier molecular flexibility index (Phi) is 4.48. The molecule has 2 aromatic rings. The van der Waals surface area contributed by atoms with Crippen LogP contribution in [0.2, 0.25) is 0 Å². The molecule has 0 aliphatic heterocycles. The average Bonchev–Trinajstić information content (AvgIpc) is 2.77. The van der Waals surface area contributed by atoms with Gasteiger partial charge < -0.3 is 5.32 Å². The van der Waals surface area contributed by atoms with Crippen LogP contribution in [0.1, 0.15) is 23.7 Å². The van der Waals surface area contributed by atoms with E-state index in [2.05, 4.69) is 26.2 Å². The zero-order valence-corrected chi connectivity index (χ0v) is 14.1. The quantitative estimate of drug-likeness (QED) is 0.859. The van der Waals surface area contributed by atoms with Crippen LogP contribution in [0.3, 0.4) is 0 Å². The molecule has 0 saturated carbocycles. The summed E-state index contributed by atoms with van der Waals surface area (Å²) in [5, 5.41) is 11.4. The molecule has 1 atom stereocenters. The van der Waals surface area contributed by atoms with Gasteiger partial charge in [0.05, 0.1) is 21.6 Å². The van der Waals surface area contributed by atoms with Gasteiger partial charge in [-0.2, -0.15) is 0 Å². The Labute approximate surface area is 130 Å². The van der Waals surface area contributed by atoms with E-state index < -0.39 is 10.0 Å². The van der Waals surface area contributed by atoms with Gasteiger partial charge in [-0.05, 0) is 48.0 Å². The number of benzene rings is 1. The number of halogens is 1. The first-order chi connectivity index (χ1) is 9.27. The number of primary sulfonamides is 1. The molecule has 1 heterocycles. The zero-order chi connectivity index (χ0) is 14.9. The van der Waals surface area contributed by atoms with Crippen LogP contribution in [0.15, 0.2) is 32.9 Å². The van der Waals surface area contributed by atoms with Crippen molar-refractivity contribution in [3.8, 4) is 0 Å². The summed E-state index contributed by atoms with van der Waals surface area (Å²) in [6.45, 7) is 3.95. The summed E-state index contributed by atoms with van der Waals surface area (Å²) in [5.41, 5.74) is 1.74. The average molecular weight is 376 g/mol. The highest BCUT2D eigenvalue weighted by atomic mass is 79.9. The van der Waals surface area contributed by atoms with E-state index in [0.717, 1.165) is 16.4 Å². The number of nitrogens with zero attached hydrogens (tertiary/aromatic N) is 1. The van der Waals surface area contributed by atoms with Gasteiger partial charge in [0.15, 0.2) is 0 Å². The van der Waals surface area contributed by atoms with Gasteiger partial charge in [0, 0.05) is 15.5 Å². The van der Waals surface area contributed by atoms with Crippen LogP contribution in [0.5, 0.6) is 0 Å². The second kappa shape index (κ2) is 5.80. The molecule has 0 spiro atoms. The van der Waals surface area contributed by atoms with E-state index in [0.29, 0.717) is 4.47 Å². The Balaban J connectivity index is 2.22. The molecule has 20 heavy (non-hydrogen) atoms. The highest BCUT2D eigenvalue weighted by Crippen LogP contribution is 2.29. The first kappa shape index (κ1) is 15.4. The van der Waals surface area contributed by atoms with E-state index in [4.69, 9.17) is 5.14 Å². The van der Waals surface area contributed by atoms with Crippen LogP contribution < -0.4 is 10.5 Å². The van der Waals surface area contributed by atoms with Gasteiger partial charge in [0.25, 0.3) is 0 Å². The van der Waals surface area contributed by atoms with E-state index in [9.17, 15) is 8.42 Å². The molecule has 1 unspecified atom stereocenters. The minimum Gasteiger partial charge on any atom is -0.376 e. The molecule has 0 aliphatic carbocycles. The van der Waals surface area contributed by atoms with Crippen LogP contribution in [-0.2, 0) is 10.0 Å². The molecular weight excluding hydrogens is 362 g/mol. The second-order valence-electron chi connectivity index (χ2n) is 4.34. The highest BCUT2D eigenvalue weighted by molar-refractivity contribution is 9.10. The van der Waals surface area contributed by atoms with E-state index in [1.54, 1.807) is 17.4 Å². The first-order valence-electron chi connectivity index (χ1n) is 5.78. The number of hydrogen-bond acceptors (Lipinski definition) is 5. The number of aromatic nitrogens is 1. The molecular formula is C12H14BrN3O2S2. The third-order valence-electron chi connectivity index (χ3n) is 2.72. The Morgan fingerprint density at radius 3 is 2.65 bits per heavy atom. The largest absolute Gasteiger partial charge is 0.376 e. The second-order valence-corrected chi connectivity index (χ2v) is 7.82. The van der Waals surface area contributed by atoms with Crippen LogP contribution in [0, 0.1) is 6.92 Å². The van der Waals surface area contributed by atoms with Crippen molar-refractivity contribution in [2.24, 2.45) is 5.14 Å². The monoisotopic (exact) mass is 375 g/mol. The van der Waals surface area contributed by atoms with Crippen molar-refractivity contribution in [3.05, 3.63) is 38.8 Å². The van der Waals surface area contributed by atoms with Crippen molar-refractivity contribution in [1.82, 2.24) is 4.98 Å². The van der Waals surface area contributed by atoms with Crippen LogP contribution in [0.25, 0.3) is 0 Å². The molecule has 1 aromatic heterocycles. The van der Waals surface area contributed by atoms with E-state index in [-0.39, 0.29) is 10.9 Å². The topological polar surface area (TPSA) is 85.1 Å². The van der Waals surface area contributed by atoms with Gasteiger partial charge in [0.2, 0.25) is 10.0 Å². The summed E-state index contributed by atoms with van der Waals surface area (Å²) in [6, 6.07) is 4.66. The number of sulfonamides is 1. The first-order valence-corrected chi connectivity index (χ1v) is 9.00. The molecule has 2 rings (SSSR count). The van der Waals surface area contributed by atoms with E-state index in [1.807, 2.05) is 19.2 Å². The summed E-state index contributed by atoms with van der Waals surface area (Å²) in [7, 11) is -3.69. The minimum absolute atomic E-state index is 0.0246. The fraction of sp³-hybridized carbons (Fsp3) is 0.250. The van der Waals surface area contributed by atoms with Crippen LogP contribution >= 0.6 is 27.3 Å². The Morgan fingerprint density at radius 1 is 1.45 bits per heavy atom. The third-order valence-corrected chi connectivity index (χ3v) is 5.08. The number of rotatable bonds is 4. The number of nitrogens with two attached hydrogens (primary N) is 1. The lowest BCUT2D eigenvalue weighted by molar-refractivity contribution is 0.598. The Hall–Kier alpha value is -0.960. The molecule has 5 nitrogen and oxygen atoms in total. The number of thiazole rings is 1. The number of anilines is 1. The maximum atomic E-state index is 11.3. The van der Waals surface area contributed by atoms with Crippen molar-refractivity contribution >= 4 is 43.0 Å². The van der Waals surface area contributed by atoms with Crippen molar-refractivity contribution in [2.75, 3.05) is 5.32 Å². The van der Waals surface area contributed by atoms with Gasteiger partial charge in [-0.25, -0.2) is 18.5 Å². The molecule has 1 aromatic carbocycles. The van der Waals surface area contributed by atoms with E-state index in [1.165, 1.54) is 12.1 Å². The Bertz CT molecular complexity index is 728. The normalized spacial score (nSPS) is 13.2. The van der Waals surface area contributed by atoms with Crippen molar-refractivity contribution in [1.29, 1.82) is 0 Å². The molecule has 3 N–H and O–H groups in total. The van der Waals surface area contributed by atoms with Gasteiger partial charge in [-0.1, -0.05) is 0 Å². The predicted octanol–water partition coefficient (Wildman–Crippen LogP) is 3.03. The number of aryl methyl sites for hydroxylation is 1. The van der Waals surface area contributed by atoms with Crippen LogP contribution in [-0.4, -0.2) is 13.4 Å². The minimum atomic E-state index is -3.69. The number of hydrogen-bond donors (Lipinski definition) is 2. The molecule has 108 valence electrons. The SMILES string of the molecule is Cc1nc(C(C)Nc2ccc(S(N)(=O)=O)cc2Br)cs1. The lowest BCUT2D eigenvalue weighted by atomic mass is 10.2. The lowest BCUT2D eigenvalue weighted by Gasteiger charge is -2.15. The number of nitrogens with one attached hydrogen (secondary N) is 1. The molecule has 0 fully saturated rings.